The molecule has 17 heavy (non-hydrogen) atoms. The zero-order valence-corrected chi connectivity index (χ0v) is 10.9. The fourth-order valence-corrected chi connectivity index (χ4v) is 2.38. The van der Waals surface area contributed by atoms with E-state index in [0.29, 0.717) is 5.89 Å². The van der Waals surface area contributed by atoms with Crippen LogP contribution in [0.4, 0.5) is 0 Å². The van der Waals surface area contributed by atoms with Gasteiger partial charge in [0, 0.05) is 22.5 Å². The highest BCUT2D eigenvalue weighted by molar-refractivity contribution is 9.10. The molecule has 0 fully saturated rings. The maximum absolute atomic E-state index is 5.92. The van der Waals surface area contributed by atoms with Crippen molar-refractivity contribution in [3.8, 4) is 11.5 Å². The van der Waals surface area contributed by atoms with Gasteiger partial charge in [0.15, 0.2) is 0 Å². The van der Waals surface area contributed by atoms with Crippen LogP contribution in [0.5, 0.6) is 0 Å². The molecule has 0 spiro atoms. The quantitative estimate of drug-likeness (QED) is 0.879. The van der Waals surface area contributed by atoms with E-state index in [0.717, 1.165) is 40.8 Å². The molecule has 0 amide bonds. The predicted molar refractivity (Wildman–Crippen MR) is 69.6 cm³/mol. The summed E-state index contributed by atoms with van der Waals surface area (Å²) in [5, 5.41) is 0. The van der Waals surface area contributed by atoms with Crippen LogP contribution in [0.1, 0.15) is 17.9 Å². The highest BCUT2D eigenvalue weighted by atomic mass is 79.9. The van der Waals surface area contributed by atoms with Gasteiger partial charge in [0.25, 0.3) is 0 Å². The lowest BCUT2D eigenvalue weighted by Gasteiger charge is -2.14. The molecule has 2 N–H and O–H groups in total. The van der Waals surface area contributed by atoms with Crippen LogP contribution in [0.2, 0.25) is 0 Å². The van der Waals surface area contributed by atoms with Crippen molar-refractivity contribution in [2.24, 2.45) is 5.73 Å². The zero-order valence-electron chi connectivity index (χ0n) is 9.32. The second-order valence-electron chi connectivity index (χ2n) is 4.40. The molecule has 1 atom stereocenters. The third-order valence-electron chi connectivity index (χ3n) is 3.07. The second-order valence-corrected chi connectivity index (χ2v) is 5.31. The summed E-state index contributed by atoms with van der Waals surface area (Å²) in [5.41, 5.74) is 8.01. The molecule has 0 saturated carbocycles. The number of hydrogen-bond acceptors (Lipinski definition) is 3. The highest BCUT2D eigenvalue weighted by Crippen LogP contribution is 2.27. The second kappa shape index (κ2) is 4.27. The minimum Gasteiger partial charge on any atom is -0.441 e. The zero-order chi connectivity index (χ0) is 11.8. The van der Waals surface area contributed by atoms with Crippen molar-refractivity contribution in [1.82, 2.24) is 4.98 Å². The van der Waals surface area contributed by atoms with Crippen LogP contribution in [-0.4, -0.2) is 11.0 Å². The van der Waals surface area contributed by atoms with E-state index in [-0.39, 0.29) is 6.04 Å². The first-order chi connectivity index (χ1) is 8.22. The molecule has 1 aliphatic rings. The van der Waals surface area contributed by atoms with Crippen molar-refractivity contribution in [3.63, 3.8) is 0 Å². The number of hydrogen-bond donors (Lipinski definition) is 1. The number of nitrogens with two attached hydrogens (primary N) is 1. The number of fused-ring (bicyclic) bond motifs is 1. The third-order valence-corrected chi connectivity index (χ3v) is 3.60. The number of benzene rings is 1. The summed E-state index contributed by atoms with van der Waals surface area (Å²) < 4.78 is 6.85. The first-order valence-corrected chi connectivity index (χ1v) is 6.52. The van der Waals surface area contributed by atoms with E-state index < -0.39 is 0 Å². The van der Waals surface area contributed by atoms with Gasteiger partial charge in [0.2, 0.25) is 5.89 Å². The van der Waals surface area contributed by atoms with Gasteiger partial charge in [-0.15, -0.1) is 0 Å². The topological polar surface area (TPSA) is 52.0 Å². The Bertz CT molecular complexity index is 533. The summed E-state index contributed by atoms with van der Waals surface area (Å²) in [5.74, 6) is 1.67. The molecule has 0 radical (unpaired) electrons. The molecule has 88 valence electrons. The van der Waals surface area contributed by atoms with Crippen molar-refractivity contribution in [2.75, 3.05) is 0 Å². The van der Waals surface area contributed by atoms with Crippen molar-refractivity contribution in [3.05, 3.63) is 40.2 Å². The number of aromatic nitrogens is 1. The minimum absolute atomic E-state index is 0.216. The lowest BCUT2D eigenvalue weighted by molar-refractivity contribution is 0.457. The van der Waals surface area contributed by atoms with Crippen LogP contribution < -0.4 is 5.73 Å². The predicted octanol–water partition coefficient (Wildman–Crippen LogP) is 2.92. The third kappa shape index (κ3) is 2.15. The first-order valence-electron chi connectivity index (χ1n) is 5.72. The maximum atomic E-state index is 5.92. The molecule has 2 aromatic rings. The molecule has 0 bridgehead atoms. The normalized spacial score (nSPS) is 19.1. The Hall–Kier alpha value is -1.13. The van der Waals surface area contributed by atoms with Crippen LogP contribution in [0.3, 0.4) is 0 Å². The van der Waals surface area contributed by atoms with E-state index in [2.05, 4.69) is 20.9 Å². The summed E-state index contributed by atoms with van der Waals surface area (Å²) >= 11 is 3.42. The molecule has 3 nitrogen and oxygen atoms in total. The van der Waals surface area contributed by atoms with Gasteiger partial charge in [-0.3, -0.25) is 0 Å². The Balaban J connectivity index is 1.97. The Kier molecular flexibility index (Phi) is 2.76. The standard InChI is InChI=1S/C13H13BrN2O/c14-9-3-1-8(2-4-9)13-16-11-6-5-10(15)7-12(11)17-13/h1-4,10H,5-7,15H2. The Morgan fingerprint density at radius 2 is 2.06 bits per heavy atom. The summed E-state index contributed by atoms with van der Waals surface area (Å²) in [7, 11) is 0. The van der Waals surface area contributed by atoms with Gasteiger partial charge in [-0.2, -0.15) is 0 Å². The molecular weight excluding hydrogens is 280 g/mol. The lowest BCUT2D eigenvalue weighted by atomic mass is 9.98. The molecule has 3 rings (SSSR count). The Labute approximate surface area is 108 Å². The number of rotatable bonds is 1. The molecule has 0 saturated heterocycles. The molecule has 1 aliphatic carbocycles. The number of oxazole rings is 1. The Morgan fingerprint density at radius 3 is 2.82 bits per heavy atom. The fourth-order valence-electron chi connectivity index (χ4n) is 2.12. The van der Waals surface area contributed by atoms with Crippen LogP contribution in [0.25, 0.3) is 11.5 Å². The van der Waals surface area contributed by atoms with Gasteiger partial charge < -0.3 is 10.2 Å². The molecule has 0 aliphatic heterocycles. The van der Waals surface area contributed by atoms with Crippen molar-refractivity contribution >= 4 is 15.9 Å². The fraction of sp³-hybridized carbons (Fsp3) is 0.308. The summed E-state index contributed by atoms with van der Waals surface area (Å²) in [6.07, 6.45) is 2.73. The monoisotopic (exact) mass is 292 g/mol. The SMILES string of the molecule is NC1CCc2nc(-c3ccc(Br)cc3)oc2C1. The van der Waals surface area contributed by atoms with E-state index in [1.807, 2.05) is 24.3 Å². The van der Waals surface area contributed by atoms with E-state index >= 15 is 0 Å². The molecule has 4 heteroatoms. The van der Waals surface area contributed by atoms with Crippen LogP contribution in [-0.2, 0) is 12.8 Å². The first kappa shape index (κ1) is 11.0. The van der Waals surface area contributed by atoms with Gasteiger partial charge >= 0.3 is 0 Å². The molecular formula is C13H13BrN2O. The van der Waals surface area contributed by atoms with E-state index in [1.165, 1.54) is 0 Å². The van der Waals surface area contributed by atoms with E-state index in [1.54, 1.807) is 0 Å². The van der Waals surface area contributed by atoms with E-state index in [9.17, 15) is 0 Å². The lowest BCUT2D eigenvalue weighted by Crippen LogP contribution is -2.27. The number of aryl methyl sites for hydroxylation is 1. The minimum atomic E-state index is 0.216. The smallest absolute Gasteiger partial charge is 0.226 e. The van der Waals surface area contributed by atoms with Crippen LogP contribution >= 0.6 is 15.9 Å². The average Bonchev–Trinajstić information content (AvgIpc) is 2.72. The van der Waals surface area contributed by atoms with Gasteiger partial charge in [-0.05, 0) is 37.1 Å². The largest absolute Gasteiger partial charge is 0.441 e. The van der Waals surface area contributed by atoms with E-state index in [4.69, 9.17) is 10.2 Å². The van der Waals surface area contributed by atoms with Crippen molar-refractivity contribution < 1.29 is 4.42 Å². The number of halogens is 1. The van der Waals surface area contributed by atoms with Crippen molar-refractivity contribution in [1.29, 1.82) is 0 Å². The van der Waals surface area contributed by atoms with Gasteiger partial charge in [0.05, 0.1) is 5.69 Å². The van der Waals surface area contributed by atoms with Crippen LogP contribution in [0.15, 0.2) is 33.2 Å². The van der Waals surface area contributed by atoms with Gasteiger partial charge in [-0.25, -0.2) is 4.98 Å². The average molecular weight is 293 g/mol. The molecule has 1 heterocycles. The summed E-state index contributed by atoms with van der Waals surface area (Å²) in [6.45, 7) is 0. The van der Waals surface area contributed by atoms with Crippen molar-refractivity contribution in [2.45, 2.75) is 25.3 Å². The molecule has 1 unspecified atom stereocenters. The van der Waals surface area contributed by atoms with Gasteiger partial charge in [-0.1, -0.05) is 15.9 Å². The Morgan fingerprint density at radius 1 is 1.29 bits per heavy atom. The van der Waals surface area contributed by atoms with Crippen LogP contribution in [0, 0.1) is 0 Å². The molecule has 1 aromatic carbocycles. The number of nitrogens with zero attached hydrogens (tertiary/aromatic N) is 1. The highest BCUT2D eigenvalue weighted by Gasteiger charge is 2.22. The summed E-state index contributed by atoms with van der Waals surface area (Å²) in [6, 6.07) is 8.20. The summed E-state index contributed by atoms with van der Waals surface area (Å²) in [4.78, 5) is 4.55. The molecule has 1 aromatic heterocycles. The van der Waals surface area contributed by atoms with Gasteiger partial charge in [0.1, 0.15) is 5.76 Å². The maximum Gasteiger partial charge on any atom is 0.226 e.